The third-order valence-electron chi connectivity index (χ3n) is 2.51. The van der Waals surface area contributed by atoms with Gasteiger partial charge in [0.05, 0.1) is 25.8 Å². The van der Waals surface area contributed by atoms with Crippen LogP contribution in [0.4, 0.5) is 6.01 Å². The molecule has 1 atom stereocenters. The van der Waals surface area contributed by atoms with Crippen LogP contribution in [0.2, 0.25) is 0 Å². The predicted octanol–water partition coefficient (Wildman–Crippen LogP) is 0.277. The van der Waals surface area contributed by atoms with Crippen molar-refractivity contribution in [2.24, 2.45) is 0 Å². The molecule has 7 heteroatoms. The Kier molecular flexibility index (Phi) is 6.63. The second kappa shape index (κ2) is 8.02. The Morgan fingerprint density at radius 1 is 1.33 bits per heavy atom. The SMILES string of the molecule is CNCc1nnc(N(CCOC)C(C)COC)o1. The fourth-order valence-electron chi connectivity index (χ4n) is 1.61. The molecule has 0 bridgehead atoms. The maximum absolute atomic E-state index is 5.58. The molecule has 1 unspecified atom stereocenters. The monoisotopic (exact) mass is 258 g/mol. The summed E-state index contributed by atoms with van der Waals surface area (Å²) in [6, 6.07) is 0.648. The van der Waals surface area contributed by atoms with Crippen LogP contribution < -0.4 is 10.2 Å². The van der Waals surface area contributed by atoms with E-state index in [1.54, 1.807) is 14.2 Å². The summed E-state index contributed by atoms with van der Waals surface area (Å²) in [5.41, 5.74) is 0. The van der Waals surface area contributed by atoms with Gasteiger partial charge in [-0.1, -0.05) is 5.10 Å². The molecular weight excluding hydrogens is 236 g/mol. The van der Waals surface area contributed by atoms with Crippen molar-refractivity contribution in [3.05, 3.63) is 5.89 Å². The van der Waals surface area contributed by atoms with Crippen molar-refractivity contribution in [1.29, 1.82) is 0 Å². The van der Waals surface area contributed by atoms with Crippen LogP contribution in [0.1, 0.15) is 12.8 Å². The molecule has 0 aliphatic heterocycles. The number of nitrogens with zero attached hydrogens (tertiary/aromatic N) is 3. The zero-order chi connectivity index (χ0) is 13.4. The summed E-state index contributed by atoms with van der Waals surface area (Å²) >= 11 is 0. The van der Waals surface area contributed by atoms with E-state index < -0.39 is 0 Å². The Hall–Kier alpha value is -1.18. The Labute approximate surface area is 107 Å². The van der Waals surface area contributed by atoms with E-state index in [4.69, 9.17) is 13.9 Å². The van der Waals surface area contributed by atoms with E-state index in [-0.39, 0.29) is 6.04 Å². The van der Waals surface area contributed by atoms with Gasteiger partial charge in [0.1, 0.15) is 0 Å². The van der Waals surface area contributed by atoms with Crippen LogP contribution in [0, 0.1) is 0 Å². The normalized spacial score (nSPS) is 12.7. The molecule has 1 heterocycles. The highest BCUT2D eigenvalue weighted by molar-refractivity contribution is 5.26. The minimum absolute atomic E-state index is 0.146. The zero-order valence-electron chi connectivity index (χ0n) is 11.5. The molecule has 7 nitrogen and oxygen atoms in total. The van der Waals surface area contributed by atoms with Crippen molar-refractivity contribution in [3.63, 3.8) is 0 Å². The van der Waals surface area contributed by atoms with Gasteiger partial charge in [-0.15, -0.1) is 5.10 Å². The summed E-state index contributed by atoms with van der Waals surface area (Å²) in [5, 5.41) is 11.0. The third-order valence-corrected chi connectivity index (χ3v) is 2.51. The summed E-state index contributed by atoms with van der Waals surface area (Å²) in [4.78, 5) is 1.99. The second-order valence-corrected chi connectivity index (χ2v) is 4.00. The summed E-state index contributed by atoms with van der Waals surface area (Å²) in [6.45, 7) is 4.47. The molecular formula is C11H22N4O3. The van der Waals surface area contributed by atoms with Crippen LogP contribution in [0.25, 0.3) is 0 Å². The van der Waals surface area contributed by atoms with Crippen molar-refractivity contribution in [3.8, 4) is 0 Å². The number of hydrogen-bond acceptors (Lipinski definition) is 7. The molecule has 0 aromatic carbocycles. The van der Waals surface area contributed by atoms with Crippen LogP contribution >= 0.6 is 0 Å². The Morgan fingerprint density at radius 2 is 2.11 bits per heavy atom. The number of rotatable bonds is 9. The van der Waals surface area contributed by atoms with Crippen molar-refractivity contribution in [2.75, 3.05) is 45.9 Å². The number of hydrogen-bond donors (Lipinski definition) is 1. The molecule has 0 spiro atoms. The smallest absolute Gasteiger partial charge is 0.318 e. The highest BCUT2D eigenvalue weighted by atomic mass is 16.5. The van der Waals surface area contributed by atoms with Gasteiger partial charge in [-0.05, 0) is 14.0 Å². The van der Waals surface area contributed by atoms with Gasteiger partial charge in [-0.3, -0.25) is 0 Å². The topological polar surface area (TPSA) is 72.7 Å². The van der Waals surface area contributed by atoms with E-state index in [1.165, 1.54) is 0 Å². The van der Waals surface area contributed by atoms with E-state index >= 15 is 0 Å². The van der Waals surface area contributed by atoms with Crippen molar-refractivity contribution in [2.45, 2.75) is 19.5 Å². The van der Waals surface area contributed by atoms with Gasteiger partial charge in [0.15, 0.2) is 0 Å². The highest BCUT2D eigenvalue weighted by Gasteiger charge is 2.20. The fraction of sp³-hybridized carbons (Fsp3) is 0.818. The minimum atomic E-state index is 0.146. The summed E-state index contributed by atoms with van der Waals surface area (Å²) in [7, 11) is 5.17. The lowest BCUT2D eigenvalue weighted by molar-refractivity contribution is 0.168. The minimum Gasteiger partial charge on any atom is -0.407 e. The lowest BCUT2D eigenvalue weighted by atomic mass is 10.3. The summed E-state index contributed by atoms with van der Waals surface area (Å²) < 4.78 is 15.8. The molecule has 1 rings (SSSR count). The first-order valence-corrected chi connectivity index (χ1v) is 5.94. The average molecular weight is 258 g/mol. The largest absolute Gasteiger partial charge is 0.407 e. The van der Waals surface area contributed by atoms with Gasteiger partial charge in [0.25, 0.3) is 0 Å². The van der Waals surface area contributed by atoms with E-state index in [2.05, 4.69) is 15.5 Å². The van der Waals surface area contributed by atoms with E-state index in [9.17, 15) is 0 Å². The summed E-state index contributed by atoms with van der Waals surface area (Å²) in [5.74, 6) is 0.569. The molecule has 0 aliphatic carbocycles. The van der Waals surface area contributed by atoms with E-state index in [0.29, 0.717) is 38.2 Å². The molecule has 0 saturated heterocycles. The van der Waals surface area contributed by atoms with Gasteiger partial charge in [-0.25, -0.2) is 0 Å². The van der Waals surface area contributed by atoms with Crippen molar-refractivity contribution < 1.29 is 13.9 Å². The van der Waals surface area contributed by atoms with Gasteiger partial charge >= 0.3 is 6.01 Å². The van der Waals surface area contributed by atoms with E-state index in [1.807, 2.05) is 18.9 Å². The van der Waals surface area contributed by atoms with Gasteiger partial charge in [0, 0.05) is 20.8 Å². The first-order chi connectivity index (χ1) is 8.72. The first kappa shape index (κ1) is 14.9. The average Bonchev–Trinajstić information content (AvgIpc) is 2.79. The number of anilines is 1. The molecule has 1 aromatic heterocycles. The quantitative estimate of drug-likeness (QED) is 0.682. The van der Waals surface area contributed by atoms with Crippen LogP contribution in [0.5, 0.6) is 0 Å². The van der Waals surface area contributed by atoms with Crippen LogP contribution in [0.15, 0.2) is 4.42 Å². The molecule has 0 saturated carbocycles. The maximum atomic E-state index is 5.58. The molecule has 0 amide bonds. The fourth-order valence-corrected chi connectivity index (χ4v) is 1.61. The molecule has 18 heavy (non-hydrogen) atoms. The van der Waals surface area contributed by atoms with Crippen molar-refractivity contribution >= 4 is 6.01 Å². The molecule has 1 N–H and O–H groups in total. The third kappa shape index (κ3) is 4.25. The van der Waals surface area contributed by atoms with E-state index in [0.717, 1.165) is 0 Å². The highest BCUT2D eigenvalue weighted by Crippen LogP contribution is 2.15. The van der Waals surface area contributed by atoms with Gasteiger partial charge in [0.2, 0.25) is 5.89 Å². The molecule has 0 fully saturated rings. The van der Waals surface area contributed by atoms with Gasteiger partial charge < -0.3 is 24.1 Å². The second-order valence-electron chi connectivity index (χ2n) is 4.00. The zero-order valence-corrected chi connectivity index (χ0v) is 11.5. The number of ether oxygens (including phenoxy) is 2. The van der Waals surface area contributed by atoms with Crippen LogP contribution in [-0.4, -0.2) is 57.3 Å². The summed E-state index contributed by atoms with van der Waals surface area (Å²) in [6.07, 6.45) is 0. The number of nitrogens with one attached hydrogen (secondary N) is 1. The van der Waals surface area contributed by atoms with Crippen LogP contribution in [0.3, 0.4) is 0 Å². The molecule has 1 aromatic rings. The predicted molar refractivity (Wildman–Crippen MR) is 67.6 cm³/mol. The standard InChI is InChI=1S/C11H22N4O3/c1-9(8-17-4)15(5-6-16-3)11-14-13-10(18-11)7-12-2/h9,12H,5-8H2,1-4H3. The lowest BCUT2D eigenvalue weighted by Gasteiger charge is -2.26. The van der Waals surface area contributed by atoms with Crippen molar-refractivity contribution in [1.82, 2.24) is 15.5 Å². The molecule has 0 radical (unpaired) electrons. The molecule has 104 valence electrons. The number of aromatic nitrogens is 2. The first-order valence-electron chi connectivity index (χ1n) is 5.94. The maximum Gasteiger partial charge on any atom is 0.318 e. The lowest BCUT2D eigenvalue weighted by Crippen LogP contribution is -2.38. The van der Waals surface area contributed by atoms with Gasteiger partial charge in [-0.2, -0.15) is 0 Å². The Bertz CT molecular complexity index is 332. The van der Waals surface area contributed by atoms with Crippen LogP contribution in [-0.2, 0) is 16.0 Å². The molecule has 0 aliphatic rings. The number of methoxy groups -OCH3 is 2. The Morgan fingerprint density at radius 3 is 2.72 bits per heavy atom. The Balaban J connectivity index is 2.72.